The zero-order valence-electron chi connectivity index (χ0n) is 20.7. The van der Waals surface area contributed by atoms with Gasteiger partial charge < -0.3 is 21.3 Å². The summed E-state index contributed by atoms with van der Waals surface area (Å²) in [5.74, 6) is -1.46. The second kappa shape index (κ2) is 10.8. The van der Waals surface area contributed by atoms with Crippen molar-refractivity contribution in [3.63, 3.8) is 0 Å². The Bertz CT molecular complexity index is 1600. The van der Waals surface area contributed by atoms with E-state index >= 15 is 0 Å². The molecule has 0 aliphatic carbocycles. The van der Waals surface area contributed by atoms with Gasteiger partial charge in [0.05, 0.1) is 21.2 Å². The van der Waals surface area contributed by atoms with E-state index in [9.17, 15) is 19.2 Å². The first-order chi connectivity index (χ1) is 19.4. The van der Waals surface area contributed by atoms with Crippen molar-refractivity contribution in [2.75, 3.05) is 21.3 Å². The van der Waals surface area contributed by atoms with E-state index in [1.807, 2.05) is 36.4 Å². The maximum absolute atomic E-state index is 13.1. The van der Waals surface area contributed by atoms with E-state index in [-0.39, 0.29) is 21.6 Å². The van der Waals surface area contributed by atoms with Gasteiger partial charge in [-0.2, -0.15) is 0 Å². The molecule has 6 rings (SSSR count). The van der Waals surface area contributed by atoms with Gasteiger partial charge in [0.15, 0.2) is 0 Å². The first-order valence-corrected chi connectivity index (χ1v) is 13.8. The van der Waals surface area contributed by atoms with Crippen LogP contribution >= 0.6 is 23.5 Å². The normalized spacial score (nSPS) is 15.7. The Hall–Kier alpha value is -4.80. The predicted octanol–water partition coefficient (Wildman–Crippen LogP) is 6.19. The molecule has 2 aliphatic heterocycles. The Morgan fingerprint density at radius 3 is 1.35 bits per heavy atom. The Morgan fingerprint density at radius 2 is 0.950 bits per heavy atom. The highest BCUT2D eigenvalue weighted by Gasteiger charge is 2.32. The summed E-state index contributed by atoms with van der Waals surface area (Å²) in [7, 11) is 0. The third-order valence-corrected chi connectivity index (χ3v) is 8.55. The van der Waals surface area contributed by atoms with Crippen LogP contribution in [0.4, 0.5) is 22.7 Å². The number of thioether (sulfide) groups is 2. The summed E-state index contributed by atoms with van der Waals surface area (Å²) in [4.78, 5) is 53.5. The average molecular weight is 565 g/mol. The molecule has 0 unspecified atom stereocenters. The second-order valence-corrected chi connectivity index (χ2v) is 10.9. The predicted molar refractivity (Wildman–Crippen MR) is 158 cm³/mol. The van der Waals surface area contributed by atoms with E-state index in [2.05, 4.69) is 21.3 Å². The average Bonchev–Trinajstić information content (AvgIpc) is 2.97. The topological polar surface area (TPSA) is 116 Å². The van der Waals surface area contributed by atoms with E-state index in [4.69, 9.17) is 0 Å². The number of benzene rings is 4. The summed E-state index contributed by atoms with van der Waals surface area (Å²) >= 11 is 2.35. The Kier molecular flexibility index (Phi) is 6.85. The monoisotopic (exact) mass is 564 g/mol. The van der Waals surface area contributed by atoms with Crippen LogP contribution in [-0.4, -0.2) is 23.6 Å². The Morgan fingerprint density at radius 1 is 0.550 bits per heavy atom. The van der Waals surface area contributed by atoms with Crippen LogP contribution in [0.2, 0.25) is 0 Å². The zero-order chi connectivity index (χ0) is 27.6. The third kappa shape index (κ3) is 5.22. The van der Waals surface area contributed by atoms with Gasteiger partial charge in [0.25, 0.3) is 23.6 Å². The van der Waals surface area contributed by atoms with E-state index in [0.29, 0.717) is 43.7 Å². The SMILES string of the molecule is O=C1Nc2cc(C(=O)Nc3ccccc3)ccc2SC1=C1Sc2ccc(C(=O)Nc3ccccc3)cc2NC1=O. The molecule has 0 saturated heterocycles. The molecule has 10 heteroatoms. The maximum atomic E-state index is 13.1. The molecule has 196 valence electrons. The summed E-state index contributed by atoms with van der Waals surface area (Å²) in [5.41, 5.74) is 3.11. The molecule has 4 aromatic carbocycles. The highest BCUT2D eigenvalue weighted by molar-refractivity contribution is 8.08. The first kappa shape index (κ1) is 25.5. The minimum Gasteiger partial charge on any atom is -0.322 e. The molecule has 0 fully saturated rings. The summed E-state index contributed by atoms with van der Waals surface area (Å²) < 4.78 is 0. The molecule has 0 spiro atoms. The lowest BCUT2D eigenvalue weighted by Crippen LogP contribution is -2.25. The van der Waals surface area contributed by atoms with Crippen molar-refractivity contribution >= 4 is 69.9 Å². The van der Waals surface area contributed by atoms with Gasteiger partial charge in [-0.1, -0.05) is 59.9 Å². The van der Waals surface area contributed by atoms with Gasteiger partial charge in [0.1, 0.15) is 0 Å². The number of rotatable bonds is 4. The van der Waals surface area contributed by atoms with Gasteiger partial charge in [-0.15, -0.1) is 0 Å². The van der Waals surface area contributed by atoms with Crippen LogP contribution in [-0.2, 0) is 9.59 Å². The van der Waals surface area contributed by atoms with E-state index < -0.39 is 11.8 Å². The molecule has 0 saturated carbocycles. The molecule has 0 radical (unpaired) electrons. The van der Waals surface area contributed by atoms with Crippen LogP contribution in [0, 0.1) is 0 Å². The molecule has 4 N–H and O–H groups in total. The standard InChI is InChI=1S/C30H20N4O4S2/c35-27(31-19-7-3-1-4-8-19)17-11-13-23-21(15-17)33-29(37)25(39-23)26-30(38)34-22-16-18(12-14-24(22)40-26)28(36)32-20-9-5-2-6-10-20/h1-16H,(H,31,35)(H,32,36)(H,33,37)(H,34,38). The minimum absolute atomic E-state index is 0.257. The van der Waals surface area contributed by atoms with Crippen molar-refractivity contribution in [3.05, 3.63) is 118 Å². The van der Waals surface area contributed by atoms with Gasteiger partial charge in [-0.05, 0) is 60.7 Å². The van der Waals surface area contributed by atoms with Crippen LogP contribution in [0.15, 0.2) is 117 Å². The van der Waals surface area contributed by atoms with Gasteiger partial charge >= 0.3 is 0 Å². The summed E-state index contributed by atoms with van der Waals surface area (Å²) in [6.07, 6.45) is 0. The molecule has 2 aliphatic rings. The van der Waals surface area contributed by atoms with Crippen molar-refractivity contribution in [3.8, 4) is 0 Å². The van der Waals surface area contributed by atoms with Crippen LogP contribution in [0.1, 0.15) is 20.7 Å². The molecular weight excluding hydrogens is 544 g/mol. The van der Waals surface area contributed by atoms with Crippen LogP contribution in [0.3, 0.4) is 0 Å². The Balaban J connectivity index is 1.21. The number of anilines is 4. The molecule has 0 atom stereocenters. The highest BCUT2D eigenvalue weighted by Crippen LogP contribution is 2.46. The number of fused-ring (bicyclic) bond motifs is 2. The minimum atomic E-state index is -0.432. The summed E-state index contributed by atoms with van der Waals surface area (Å²) in [5, 5.41) is 11.3. The fourth-order valence-corrected chi connectivity index (χ4v) is 6.20. The largest absolute Gasteiger partial charge is 0.322 e. The highest BCUT2D eigenvalue weighted by atomic mass is 32.2. The number of carbonyl (C=O) groups is 4. The third-order valence-electron chi connectivity index (χ3n) is 6.09. The fourth-order valence-electron chi connectivity index (χ4n) is 4.14. The van der Waals surface area contributed by atoms with Crippen LogP contribution in [0.5, 0.6) is 0 Å². The lowest BCUT2D eigenvalue weighted by Gasteiger charge is -2.24. The van der Waals surface area contributed by atoms with Crippen LogP contribution in [0.25, 0.3) is 0 Å². The lowest BCUT2D eigenvalue weighted by molar-refractivity contribution is -0.114. The molecule has 4 amide bonds. The van der Waals surface area contributed by atoms with Gasteiger partial charge in [0, 0.05) is 32.3 Å². The van der Waals surface area contributed by atoms with Gasteiger partial charge in [0.2, 0.25) is 0 Å². The van der Waals surface area contributed by atoms with Gasteiger partial charge in [-0.3, -0.25) is 19.2 Å². The molecule has 0 bridgehead atoms. The number of carbonyl (C=O) groups excluding carboxylic acids is 4. The summed E-state index contributed by atoms with van der Waals surface area (Å²) in [6, 6.07) is 28.3. The second-order valence-electron chi connectivity index (χ2n) is 8.83. The number of hydrogen-bond acceptors (Lipinski definition) is 6. The molecule has 40 heavy (non-hydrogen) atoms. The number of para-hydroxylation sites is 2. The van der Waals surface area contributed by atoms with E-state index in [1.165, 1.54) is 23.5 Å². The number of nitrogens with one attached hydrogen (secondary N) is 4. The zero-order valence-corrected chi connectivity index (χ0v) is 22.3. The molecule has 0 aromatic heterocycles. The molecule has 4 aromatic rings. The summed E-state index contributed by atoms with van der Waals surface area (Å²) in [6.45, 7) is 0. The molecule has 2 heterocycles. The van der Waals surface area contributed by atoms with Crippen molar-refractivity contribution in [2.24, 2.45) is 0 Å². The molecular formula is C30H20N4O4S2. The fraction of sp³-hybridized carbons (Fsp3) is 0. The first-order valence-electron chi connectivity index (χ1n) is 12.2. The van der Waals surface area contributed by atoms with Crippen molar-refractivity contribution < 1.29 is 19.2 Å². The maximum Gasteiger partial charge on any atom is 0.263 e. The van der Waals surface area contributed by atoms with E-state index in [1.54, 1.807) is 60.7 Å². The molecule has 8 nitrogen and oxygen atoms in total. The van der Waals surface area contributed by atoms with Crippen molar-refractivity contribution in [1.82, 2.24) is 0 Å². The van der Waals surface area contributed by atoms with Gasteiger partial charge in [-0.25, -0.2) is 0 Å². The number of hydrogen-bond donors (Lipinski definition) is 4. The van der Waals surface area contributed by atoms with Crippen molar-refractivity contribution in [2.45, 2.75) is 9.79 Å². The number of amides is 4. The van der Waals surface area contributed by atoms with Crippen molar-refractivity contribution in [1.29, 1.82) is 0 Å². The van der Waals surface area contributed by atoms with E-state index in [0.717, 1.165) is 0 Å². The lowest BCUT2D eigenvalue weighted by atomic mass is 10.1. The Labute approximate surface area is 237 Å². The van der Waals surface area contributed by atoms with Crippen LogP contribution < -0.4 is 21.3 Å². The smallest absolute Gasteiger partial charge is 0.263 e. The quantitative estimate of drug-likeness (QED) is 0.220.